The van der Waals surface area contributed by atoms with E-state index in [-0.39, 0.29) is 6.10 Å². The highest BCUT2D eigenvalue weighted by Gasteiger charge is 2.20. The van der Waals surface area contributed by atoms with Gasteiger partial charge in [-0.15, -0.1) is 11.3 Å². The van der Waals surface area contributed by atoms with Gasteiger partial charge in [0.25, 0.3) is 0 Å². The number of thiazole rings is 1. The fourth-order valence-corrected chi connectivity index (χ4v) is 4.38. The Bertz CT molecular complexity index is 768. The summed E-state index contributed by atoms with van der Waals surface area (Å²) in [7, 11) is 2.17. The molecule has 2 saturated heterocycles. The summed E-state index contributed by atoms with van der Waals surface area (Å²) in [5.41, 5.74) is 0. The van der Waals surface area contributed by atoms with E-state index in [1.165, 1.54) is 11.3 Å². The van der Waals surface area contributed by atoms with E-state index in [0.29, 0.717) is 6.04 Å². The third-order valence-electron chi connectivity index (χ3n) is 5.27. The number of piperidine rings is 2. The van der Waals surface area contributed by atoms with Gasteiger partial charge >= 0.3 is 0 Å². The molecule has 1 atom stereocenters. The van der Waals surface area contributed by atoms with Crippen molar-refractivity contribution in [2.24, 2.45) is 0 Å². The molecule has 2 aliphatic rings. The molecule has 4 rings (SSSR count). The highest BCUT2D eigenvalue weighted by atomic mass is 32.1. The van der Waals surface area contributed by atoms with Crippen molar-refractivity contribution >= 4 is 28.1 Å². The predicted octanol–water partition coefficient (Wildman–Crippen LogP) is 3.23. The summed E-state index contributed by atoms with van der Waals surface area (Å²) in [6, 6.07) is 4.42. The lowest BCUT2D eigenvalue weighted by atomic mass is 10.1. The summed E-state index contributed by atoms with van der Waals surface area (Å²) >= 11 is 1.63. The van der Waals surface area contributed by atoms with Crippen molar-refractivity contribution in [1.82, 2.24) is 20.2 Å². The zero-order valence-corrected chi connectivity index (χ0v) is 17.5. The molecule has 2 aliphatic heterocycles. The maximum atomic E-state index is 6.34. The Morgan fingerprint density at radius 3 is 2.75 bits per heavy atom. The van der Waals surface area contributed by atoms with Crippen LogP contribution < -0.4 is 20.7 Å². The van der Waals surface area contributed by atoms with E-state index in [1.54, 1.807) is 11.3 Å². The van der Waals surface area contributed by atoms with E-state index in [4.69, 9.17) is 9.72 Å². The van der Waals surface area contributed by atoms with E-state index >= 15 is 0 Å². The molecule has 0 amide bonds. The van der Waals surface area contributed by atoms with E-state index < -0.39 is 0 Å². The second kappa shape index (κ2) is 9.07. The molecular weight excluding hydrogens is 372 g/mol. The molecule has 0 aromatic carbocycles. The molecule has 0 unspecified atom stereocenters. The summed E-state index contributed by atoms with van der Waals surface area (Å²) in [5, 5.41) is 11.2. The van der Waals surface area contributed by atoms with E-state index in [1.807, 2.05) is 18.3 Å². The van der Waals surface area contributed by atoms with Crippen molar-refractivity contribution in [1.29, 1.82) is 0 Å². The monoisotopic (exact) mass is 402 g/mol. The summed E-state index contributed by atoms with van der Waals surface area (Å²) in [4.78, 5) is 12.7. The first-order chi connectivity index (χ1) is 13.6. The van der Waals surface area contributed by atoms with Crippen LogP contribution in [0.25, 0.3) is 0 Å². The number of ether oxygens (including phenoxy) is 1. The predicted molar refractivity (Wildman–Crippen MR) is 115 cm³/mol. The number of nitrogens with one attached hydrogen (secondary N) is 3. The molecule has 3 N–H and O–H groups in total. The zero-order valence-electron chi connectivity index (χ0n) is 16.7. The summed E-state index contributed by atoms with van der Waals surface area (Å²) < 4.78 is 6.34. The minimum atomic E-state index is 0.262. The number of anilines is 3. The van der Waals surface area contributed by atoms with Gasteiger partial charge < -0.3 is 25.6 Å². The average Bonchev–Trinajstić information content (AvgIpc) is 3.09. The van der Waals surface area contributed by atoms with E-state index in [2.05, 4.69) is 39.8 Å². The third-order valence-corrected chi connectivity index (χ3v) is 6.10. The molecule has 8 heteroatoms. The van der Waals surface area contributed by atoms with Crippen LogP contribution in [0.2, 0.25) is 0 Å². The number of nitrogens with zero attached hydrogens (tertiary/aromatic N) is 3. The van der Waals surface area contributed by atoms with Gasteiger partial charge in [0.1, 0.15) is 23.5 Å². The van der Waals surface area contributed by atoms with Crippen LogP contribution in [0, 0.1) is 6.92 Å². The second-order valence-corrected chi connectivity index (χ2v) is 9.02. The summed E-state index contributed by atoms with van der Waals surface area (Å²) in [6.45, 7) is 6.28. The summed E-state index contributed by atoms with van der Waals surface area (Å²) in [6.07, 6.45) is 6.60. The molecule has 28 heavy (non-hydrogen) atoms. The lowest BCUT2D eigenvalue weighted by molar-refractivity contribution is 0.114. The van der Waals surface area contributed by atoms with Gasteiger partial charge in [0.05, 0.1) is 0 Å². The molecule has 0 radical (unpaired) electrons. The third kappa shape index (κ3) is 5.33. The molecule has 0 spiro atoms. The van der Waals surface area contributed by atoms with Gasteiger partial charge in [0, 0.05) is 48.9 Å². The van der Waals surface area contributed by atoms with Crippen LogP contribution in [0.4, 0.5) is 16.8 Å². The van der Waals surface area contributed by atoms with Crippen LogP contribution in [0.3, 0.4) is 0 Å². The van der Waals surface area contributed by atoms with Crippen LogP contribution >= 0.6 is 11.3 Å². The Labute approximate surface area is 170 Å². The van der Waals surface area contributed by atoms with Crippen molar-refractivity contribution in [3.63, 3.8) is 0 Å². The molecule has 2 aromatic rings. The van der Waals surface area contributed by atoms with Gasteiger partial charge in [-0.3, -0.25) is 0 Å². The largest absolute Gasteiger partial charge is 0.490 e. The number of pyridine rings is 1. The van der Waals surface area contributed by atoms with Crippen LogP contribution in [-0.2, 0) is 0 Å². The number of hydrogen-bond acceptors (Lipinski definition) is 8. The van der Waals surface area contributed by atoms with E-state index in [0.717, 1.165) is 68.0 Å². The fraction of sp³-hybridized carbons (Fsp3) is 0.600. The van der Waals surface area contributed by atoms with Crippen molar-refractivity contribution in [2.45, 2.75) is 44.8 Å². The van der Waals surface area contributed by atoms with Gasteiger partial charge in [-0.25, -0.2) is 9.97 Å². The fourth-order valence-electron chi connectivity index (χ4n) is 3.71. The highest BCUT2D eigenvalue weighted by Crippen LogP contribution is 2.28. The Balaban J connectivity index is 1.51. The van der Waals surface area contributed by atoms with Gasteiger partial charge in [0.2, 0.25) is 0 Å². The van der Waals surface area contributed by atoms with Crippen molar-refractivity contribution in [3.8, 4) is 5.75 Å². The number of rotatable bonds is 6. The first-order valence-corrected chi connectivity index (χ1v) is 11.0. The topological polar surface area (TPSA) is 74.3 Å². The van der Waals surface area contributed by atoms with E-state index in [9.17, 15) is 0 Å². The normalized spacial score (nSPS) is 21.4. The lowest BCUT2D eigenvalue weighted by Gasteiger charge is -2.29. The number of hydrogen-bond donors (Lipinski definition) is 3. The molecule has 0 aliphatic carbocycles. The van der Waals surface area contributed by atoms with Gasteiger partial charge in [0.15, 0.2) is 5.13 Å². The van der Waals surface area contributed by atoms with Crippen molar-refractivity contribution < 1.29 is 4.74 Å². The molecule has 7 nitrogen and oxygen atoms in total. The van der Waals surface area contributed by atoms with Crippen LogP contribution in [-0.4, -0.2) is 60.2 Å². The molecule has 2 aromatic heterocycles. The Morgan fingerprint density at radius 1 is 1.21 bits per heavy atom. The Morgan fingerprint density at radius 2 is 2.04 bits per heavy atom. The molecule has 152 valence electrons. The minimum absolute atomic E-state index is 0.262. The maximum Gasteiger partial charge on any atom is 0.188 e. The first kappa shape index (κ1) is 19.4. The lowest BCUT2D eigenvalue weighted by Crippen LogP contribution is -2.38. The number of aryl methyl sites for hydroxylation is 1. The van der Waals surface area contributed by atoms with Crippen LogP contribution in [0.15, 0.2) is 18.3 Å². The smallest absolute Gasteiger partial charge is 0.188 e. The number of aromatic nitrogens is 2. The SMILES string of the molecule is Cc1cnc(Nc2cc(OC3CCN(C)CC3)cc(N[C@H]3CCCNC3)n2)s1. The standard InChI is InChI=1S/C20H30N6OS/c1-14-12-22-20(28-14)25-19-11-17(27-16-5-8-26(2)9-6-16)10-18(24-19)23-15-4-3-7-21-13-15/h10-12,15-16,21H,3-9,13H2,1-2H3,(H2,22,23,24,25)/t15-/m0/s1. The van der Waals surface area contributed by atoms with Crippen LogP contribution in [0.5, 0.6) is 5.75 Å². The average molecular weight is 403 g/mol. The number of likely N-dealkylation sites (tertiary alicyclic amines) is 1. The van der Waals surface area contributed by atoms with Gasteiger partial charge in [-0.2, -0.15) is 0 Å². The van der Waals surface area contributed by atoms with Crippen LogP contribution in [0.1, 0.15) is 30.6 Å². The minimum Gasteiger partial charge on any atom is -0.490 e. The maximum absolute atomic E-state index is 6.34. The quantitative estimate of drug-likeness (QED) is 0.685. The van der Waals surface area contributed by atoms with Gasteiger partial charge in [-0.05, 0) is 46.2 Å². The molecular formula is C20H30N6OS. The first-order valence-electron chi connectivity index (χ1n) is 10.2. The van der Waals surface area contributed by atoms with Crippen molar-refractivity contribution in [2.75, 3.05) is 43.9 Å². The molecule has 0 bridgehead atoms. The second-order valence-electron chi connectivity index (χ2n) is 7.78. The molecule has 4 heterocycles. The molecule has 2 fully saturated rings. The van der Waals surface area contributed by atoms with Gasteiger partial charge in [-0.1, -0.05) is 0 Å². The zero-order chi connectivity index (χ0) is 19.3. The molecule has 0 saturated carbocycles. The Hall–Kier alpha value is -1.90. The summed E-state index contributed by atoms with van der Waals surface area (Å²) in [5.74, 6) is 2.49. The highest BCUT2D eigenvalue weighted by molar-refractivity contribution is 7.15. The van der Waals surface area contributed by atoms with Crippen molar-refractivity contribution in [3.05, 3.63) is 23.2 Å². The Kier molecular flexibility index (Phi) is 6.29.